The van der Waals surface area contributed by atoms with Crippen molar-refractivity contribution in [2.24, 2.45) is 7.05 Å². The third-order valence-electron chi connectivity index (χ3n) is 2.65. The molecule has 0 bridgehead atoms. The van der Waals surface area contributed by atoms with Gasteiger partial charge in [-0.3, -0.25) is 4.68 Å². The van der Waals surface area contributed by atoms with Crippen molar-refractivity contribution >= 4 is 15.9 Å². The summed E-state index contributed by atoms with van der Waals surface area (Å²) in [5.74, 6) is 0. The van der Waals surface area contributed by atoms with Gasteiger partial charge in [-0.25, -0.2) is 0 Å². The van der Waals surface area contributed by atoms with Crippen LogP contribution in [0.4, 0.5) is 0 Å². The van der Waals surface area contributed by atoms with Crippen molar-refractivity contribution in [3.8, 4) is 0 Å². The van der Waals surface area contributed by atoms with Crippen LogP contribution in [0.15, 0.2) is 4.47 Å². The van der Waals surface area contributed by atoms with Crippen LogP contribution in [0.5, 0.6) is 0 Å². The molecule has 0 unspecified atom stereocenters. The molecule has 1 aromatic rings. The monoisotopic (exact) mass is 288 g/mol. The lowest BCUT2D eigenvalue weighted by Crippen LogP contribution is -2.23. The first-order chi connectivity index (χ1) is 7.56. The van der Waals surface area contributed by atoms with E-state index in [0.717, 1.165) is 29.8 Å². The standard InChI is InChI=1S/C11H21BrN4/c1-9-11(12)10(16(4)14-9)8-15(3)7-5-6-13-2/h13H,5-8H2,1-4H3. The van der Waals surface area contributed by atoms with Gasteiger partial charge in [0, 0.05) is 13.6 Å². The van der Waals surface area contributed by atoms with E-state index >= 15 is 0 Å². The van der Waals surface area contributed by atoms with Gasteiger partial charge in [0.05, 0.1) is 15.9 Å². The molecule has 0 aliphatic carbocycles. The maximum absolute atomic E-state index is 4.39. The molecule has 0 saturated carbocycles. The number of aromatic nitrogens is 2. The van der Waals surface area contributed by atoms with Crippen molar-refractivity contribution in [1.29, 1.82) is 0 Å². The summed E-state index contributed by atoms with van der Waals surface area (Å²) in [5.41, 5.74) is 2.30. The number of hydrogen-bond acceptors (Lipinski definition) is 3. The van der Waals surface area contributed by atoms with Gasteiger partial charge in [-0.15, -0.1) is 0 Å². The van der Waals surface area contributed by atoms with Crippen LogP contribution in [0, 0.1) is 6.92 Å². The number of rotatable bonds is 6. The Balaban J connectivity index is 2.52. The molecule has 4 nitrogen and oxygen atoms in total. The average molecular weight is 289 g/mol. The Labute approximate surface area is 106 Å². The van der Waals surface area contributed by atoms with Crippen molar-refractivity contribution in [2.75, 3.05) is 27.2 Å². The number of aryl methyl sites for hydroxylation is 2. The molecule has 0 aromatic carbocycles. The summed E-state index contributed by atoms with van der Waals surface area (Å²) in [6.07, 6.45) is 1.17. The van der Waals surface area contributed by atoms with Crippen LogP contribution in [0.25, 0.3) is 0 Å². The summed E-state index contributed by atoms with van der Waals surface area (Å²) in [6.45, 7) is 5.11. The molecule has 1 N–H and O–H groups in total. The second-order valence-electron chi connectivity index (χ2n) is 4.16. The second-order valence-corrected chi connectivity index (χ2v) is 4.96. The number of nitrogens with one attached hydrogen (secondary N) is 1. The number of halogens is 1. The van der Waals surface area contributed by atoms with Crippen LogP contribution in [0.2, 0.25) is 0 Å². The molecule has 16 heavy (non-hydrogen) atoms. The molecule has 5 heteroatoms. The molecule has 0 radical (unpaired) electrons. The van der Waals surface area contributed by atoms with E-state index in [0.29, 0.717) is 0 Å². The first kappa shape index (κ1) is 13.7. The van der Waals surface area contributed by atoms with Gasteiger partial charge in [-0.1, -0.05) is 0 Å². The molecular formula is C11H21BrN4. The van der Waals surface area contributed by atoms with Crippen molar-refractivity contribution in [3.63, 3.8) is 0 Å². The fraction of sp³-hybridized carbons (Fsp3) is 0.727. The Morgan fingerprint density at radius 3 is 2.69 bits per heavy atom. The molecule has 0 aliphatic rings. The van der Waals surface area contributed by atoms with Gasteiger partial charge in [0.2, 0.25) is 0 Å². The molecule has 0 aliphatic heterocycles. The highest BCUT2D eigenvalue weighted by molar-refractivity contribution is 9.10. The van der Waals surface area contributed by atoms with Crippen LogP contribution in [0.1, 0.15) is 17.8 Å². The topological polar surface area (TPSA) is 33.1 Å². The minimum atomic E-state index is 0.932. The average Bonchev–Trinajstić information content (AvgIpc) is 2.46. The van der Waals surface area contributed by atoms with E-state index in [1.807, 2.05) is 25.7 Å². The molecule has 1 aromatic heterocycles. The quantitative estimate of drug-likeness (QED) is 0.806. The van der Waals surface area contributed by atoms with Crippen molar-refractivity contribution in [1.82, 2.24) is 20.0 Å². The summed E-state index contributed by atoms with van der Waals surface area (Å²) in [7, 11) is 6.13. The molecule has 0 saturated heterocycles. The summed E-state index contributed by atoms with van der Waals surface area (Å²) in [6, 6.07) is 0. The fourth-order valence-electron chi connectivity index (χ4n) is 1.71. The first-order valence-corrected chi connectivity index (χ1v) is 6.36. The maximum Gasteiger partial charge on any atom is 0.0739 e. The maximum atomic E-state index is 4.39. The Hall–Kier alpha value is -0.390. The van der Waals surface area contributed by atoms with E-state index < -0.39 is 0 Å². The van der Waals surface area contributed by atoms with Crippen LogP contribution < -0.4 is 5.32 Å². The Bertz CT molecular complexity index is 335. The van der Waals surface area contributed by atoms with E-state index in [4.69, 9.17) is 0 Å². The normalized spacial score (nSPS) is 11.4. The number of hydrogen-bond donors (Lipinski definition) is 1. The van der Waals surface area contributed by atoms with Crippen LogP contribution in [-0.2, 0) is 13.6 Å². The zero-order chi connectivity index (χ0) is 12.1. The summed E-state index contributed by atoms with van der Waals surface area (Å²) >= 11 is 3.59. The van der Waals surface area contributed by atoms with Crippen molar-refractivity contribution < 1.29 is 0 Å². The van der Waals surface area contributed by atoms with Crippen LogP contribution in [-0.4, -0.2) is 41.9 Å². The highest BCUT2D eigenvalue weighted by Gasteiger charge is 2.12. The van der Waals surface area contributed by atoms with Crippen LogP contribution in [0.3, 0.4) is 0 Å². The van der Waals surface area contributed by atoms with Crippen LogP contribution >= 0.6 is 15.9 Å². The van der Waals surface area contributed by atoms with E-state index in [-0.39, 0.29) is 0 Å². The zero-order valence-electron chi connectivity index (χ0n) is 10.5. The summed E-state index contributed by atoms with van der Waals surface area (Å²) in [5, 5.41) is 7.55. The minimum absolute atomic E-state index is 0.932. The molecule has 1 rings (SSSR count). The van der Waals surface area contributed by atoms with E-state index in [1.54, 1.807) is 0 Å². The lowest BCUT2D eigenvalue weighted by molar-refractivity contribution is 0.311. The van der Waals surface area contributed by atoms with Gasteiger partial charge < -0.3 is 10.2 Å². The van der Waals surface area contributed by atoms with Gasteiger partial charge in [0.25, 0.3) is 0 Å². The number of nitrogens with zero attached hydrogens (tertiary/aromatic N) is 3. The molecule has 0 atom stereocenters. The van der Waals surface area contributed by atoms with E-state index in [2.05, 4.69) is 38.3 Å². The van der Waals surface area contributed by atoms with Gasteiger partial charge in [0.1, 0.15) is 0 Å². The lowest BCUT2D eigenvalue weighted by atomic mass is 10.3. The highest BCUT2D eigenvalue weighted by atomic mass is 79.9. The second kappa shape index (κ2) is 6.37. The van der Waals surface area contributed by atoms with E-state index in [1.165, 1.54) is 12.1 Å². The van der Waals surface area contributed by atoms with Gasteiger partial charge >= 0.3 is 0 Å². The van der Waals surface area contributed by atoms with E-state index in [9.17, 15) is 0 Å². The Morgan fingerprint density at radius 2 is 2.19 bits per heavy atom. The predicted octanol–water partition coefficient (Wildman–Crippen LogP) is 1.53. The molecule has 0 spiro atoms. The zero-order valence-corrected chi connectivity index (χ0v) is 12.1. The lowest BCUT2D eigenvalue weighted by Gasteiger charge is -2.16. The fourth-order valence-corrected chi connectivity index (χ4v) is 2.17. The molecular weight excluding hydrogens is 268 g/mol. The predicted molar refractivity (Wildman–Crippen MR) is 70.5 cm³/mol. The largest absolute Gasteiger partial charge is 0.320 e. The van der Waals surface area contributed by atoms with Gasteiger partial charge in [0.15, 0.2) is 0 Å². The highest BCUT2D eigenvalue weighted by Crippen LogP contribution is 2.21. The molecule has 1 heterocycles. The third kappa shape index (κ3) is 3.57. The summed E-state index contributed by atoms with van der Waals surface area (Å²) in [4.78, 5) is 2.32. The molecule has 92 valence electrons. The third-order valence-corrected chi connectivity index (χ3v) is 3.68. The SMILES string of the molecule is CNCCCN(C)Cc1c(Br)c(C)nn1C. The summed E-state index contributed by atoms with van der Waals surface area (Å²) < 4.78 is 3.09. The molecule has 0 fully saturated rings. The van der Waals surface area contributed by atoms with Gasteiger partial charge in [-0.05, 0) is 56.5 Å². The first-order valence-electron chi connectivity index (χ1n) is 5.57. The Kier molecular flexibility index (Phi) is 5.44. The minimum Gasteiger partial charge on any atom is -0.320 e. The Morgan fingerprint density at radius 1 is 1.50 bits per heavy atom. The van der Waals surface area contributed by atoms with Gasteiger partial charge in [-0.2, -0.15) is 5.10 Å². The smallest absolute Gasteiger partial charge is 0.0739 e. The van der Waals surface area contributed by atoms with Crippen molar-refractivity contribution in [3.05, 3.63) is 15.9 Å². The van der Waals surface area contributed by atoms with Crippen molar-refractivity contribution in [2.45, 2.75) is 19.9 Å². The molecule has 0 amide bonds.